The van der Waals surface area contributed by atoms with Gasteiger partial charge in [-0.2, -0.15) is 0 Å². The van der Waals surface area contributed by atoms with E-state index in [1.807, 2.05) is 30.4 Å². The summed E-state index contributed by atoms with van der Waals surface area (Å²) >= 11 is 0. The van der Waals surface area contributed by atoms with Gasteiger partial charge >= 0.3 is 0 Å². The molecule has 0 aromatic rings. The summed E-state index contributed by atoms with van der Waals surface area (Å²) in [4.78, 5) is 11.4. The Balaban J connectivity index is 3.79. The fourth-order valence-electron chi connectivity index (χ4n) is 1.52. The van der Waals surface area contributed by atoms with Crippen molar-refractivity contribution in [2.24, 2.45) is 0 Å². The van der Waals surface area contributed by atoms with Crippen LogP contribution in [0.25, 0.3) is 0 Å². The first-order valence-electron chi connectivity index (χ1n) is 8.44. The first-order valence-corrected chi connectivity index (χ1v) is 8.44. The Morgan fingerprint density at radius 1 is 0.875 bits per heavy atom. The first kappa shape index (κ1) is 21.9. The molecule has 0 saturated heterocycles. The third-order valence-electron chi connectivity index (χ3n) is 2.75. The van der Waals surface area contributed by atoms with Gasteiger partial charge in [0.15, 0.2) is 0 Å². The van der Waals surface area contributed by atoms with Crippen molar-refractivity contribution < 1.29 is 9.90 Å². The number of nitrogens with one attached hydrogen (secondary N) is 1. The Labute approximate surface area is 146 Å². The average molecular weight is 329 g/mol. The molecule has 3 nitrogen and oxygen atoms in total. The molecule has 0 saturated carbocycles. The van der Waals surface area contributed by atoms with E-state index in [1.165, 1.54) is 6.08 Å². The summed E-state index contributed by atoms with van der Waals surface area (Å²) in [5.41, 5.74) is -0.890. The van der Waals surface area contributed by atoms with Crippen LogP contribution in [0.1, 0.15) is 40.0 Å². The second-order valence-electron chi connectivity index (χ2n) is 5.93. The highest BCUT2D eigenvalue weighted by Crippen LogP contribution is 1.97. The van der Waals surface area contributed by atoms with Crippen LogP contribution in [0.3, 0.4) is 0 Å². The topological polar surface area (TPSA) is 49.3 Å². The molecule has 0 atom stereocenters. The monoisotopic (exact) mass is 329 g/mol. The van der Waals surface area contributed by atoms with Gasteiger partial charge in [-0.1, -0.05) is 73.8 Å². The van der Waals surface area contributed by atoms with Crippen LogP contribution in [0, 0.1) is 0 Å². The number of allylic oxidation sites excluding steroid dienone is 11. The predicted molar refractivity (Wildman–Crippen MR) is 104 cm³/mol. The number of unbranched alkanes of at least 4 members (excludes halogenated alkanes) is 1. The van der Waals surface area contributed by atoms with E-state index in [9.17, 15) is 9.90 Å². The fourth-order valence-corrected chi connectivity index (χ4v) is 1.52. The minimum absolute atomic E-state index is 0.210. The smallest absolute Gasteiger partial charge is 0.244 e. The highest BCUT2D eigenvalue weighted by molar-refractivity contribution is 5.87. The maximum absolute atomic E-state index is 11.4. The summed E-state index contributed by atoms with van der Waals surface area (Å²) in [6, 6.07) is 0. The molecular formula is C21H31NO2. The Morgan fingerprint density at radius 2 is 1.38 bits per heavy atom. The lowest BCUT2D eigenvalue weighted by atomic mass is 10.1. The summed E-state index contributed by atoms with van der Waals surface area (Å²) < 4.78 is 0. The zero-order valence-corrected chi connectivity index (χ0v) is 15.1. The van der Waals surface area contributed by atoms with Gasteiger partial charge in [-0.05, 0) is 33.1 Å². The van der Waals surface area contributed by atoms with Crippen molar-refractivity contribution in [3.05, 3.63) is 72.9 Å². The minimum atomic E-state index is -0.890. The van der Waals surface area contributed by atoms with E-state index < -0.39 is 5.60 Å². The van der Waals surface area contributed by atoms with Gasteiger partial charge in [0.2, 0.25) is 5.91 Å². The lowest BCUT2D eigenvalue weighted by Gasteiger charge is -2.16. The molecule has 0 heterocycles. The van der Waals surface area contributed by atoms with E-state index in [-0.39, 0.29) is 12.5 Å². The van der Waals surface area contributed by atoms with Gasteiger partial charge in [-0.25, -0.2) is 0 Å². The standard InChI is InChI=1S/C21H31NO2/c1-4-5-6-7-8-9-10-11-12-13-14-15-16-17-18-20(23)22-19-21(2,3)24/h5-10,13-18,24H,4,11-12,19H2,1-3H3,(H,22,23). The highest BCUT2D eigenvalue weighted by atomic mass is 16.3. The van der Waals surface area contributed by atoms with Crippen molar-refractivity contribution in [2.75, 3.05) is 6.54 Å². The molecule has 2 N–H and O–H groups in total. The van der Waals surface area contributed by atoms with E-state index in [4.69, 9.17) is 0 Å². The molecule has 0 aromatic carbocycles. The molecule has 0 fully saturated rings. The SMILES string of the molecule is CCC=CC=CC=CCCC=CC=CC=CC(=O)NCC(C)(C)O. The van der Waals surface area contributed by atoms with Crippen LogP contribution in [0.4, 0.5) is 0 Å². The number of hydrogen-bond acceptors (Lipinski definition) is 2. The molecule has 0 bridgehead atoms. The molecule has 0 aromatic heterocycles. The van der Waals surface area contributed by atoms with Crippen LogP contribution in [-0.2, 0) is 4.79 Å². The van der Waals surface area contributed by atoms with Gasteiger partial charge in [0.1, 0.15) is 0 Å². The van der Waals surface area contributed by atoms with Crippen LogP contribution < -0.4 is 5.32 Å². The molecule has 132 valence electrons. The quantitative estimate of drug-likeness (QED) is 0.335. The van der Waals surface area contributed by atoms with E-state index in [1.54, 1.807) is 26.0 Å². The molecule has 0 aliphatic heterocycles. The van der Waals surface area contributed by atoms with Crippen LogP contribution in [0.15, 0.2) is 72.9 Å². The third kappa shape index (κ3) is 17.9. The summed E-state index contributed by atoms with van der Waals surface area (Å²) in [6.45, 7) is 5.65. The second-order valence-corrected chi connectivity index (χ2v) is 5.93. The molecular weight excluding hydrogens is 298 g/mol. The number of rotatable bonds is 11. The van der Waals surface area contributed by atoms with Crippen LogP contribution >= 0.6 is 0 Å². The van der Waals surface area contributed by atoms with Crippen molar-refractivity contribution in [1.82, 2.24) is 5.32 Å². The molecule has 24 heavy (non-hydrogen) atoms. The van der Waals surface area contributed by atoms with Gasteiger partial charge in [-0.15, -0.1) is 0 Å². The third-order valence-corrected chi connectivity index (χ3v) is 2.75. The first-order chi connectivity index (χ1) is 11.5. The molecule has 0 rings (SSSR count). The van der Waals surface area contributed by atoms with Crippen molar-refractivity contribution in [2.45, 2.75) is 45.6 Å². The Bertz CT molecular complexity index is 500. The van der Waals surface area contributed by atoms with Crippen molar-refractivity contribution in [3.8, 4) is 0 Å². The largest absolute Gasteiger partial charge is 0.389 e. The van der Waals surface area contributed by atoms with Gasteiger partial charge < -0.3 is 10.4 Å². The Hall–Kier alpha value is -2.13. The molecule has 0 aliphatic rings. The number of hydrogen-bond donors (Lipinski definition) is 2. The number of aliphatic hydroxyl groups is 1. The molecule has 0 spiro atoms. The highest BCUT2D eigenvalue weighted by Gasteiger charge is 2.12. The maximum Gasteiger partial charge on any atom is 0.244 e. The minimum Gasteiger partial charge on any atom is -0.389 e. The van der Waals surface area contributed by atoms with Gasteiger partial charge in [0.05, 0.1) is 5.60 Å². The average Bonchev–Trinajstić information content (AvgIpc) is 2.52. The Morgan fingerprint density at radius 3 is 1.88 bits per heavy atom. The predicted octanol–water partition coefficient (Wildman–Crippen LogP) is 4.40. The fraction of sp³-hybridized carbons (Fsp3) is 0.381. The summed E-state index contributed by atoms with van der Waals surface area (Å²) in [6.07, 6.45) is 26.3. The zero-order valence-electron chi connectivity index (χ0n) is 15.1. The molecule has 0 radical (unpaired) electrons. The van der Waals surface area contributed by atoms with E-state index >= 15 is 0 Å². The summed E-state index contributed by atoms with van der Waals surface area (Å²) in [5, 5.41) is 12.1. The zero-order chi connectivity index (χ0) is 18.1. The second kappa shape index (κ2) is 14.5. The van der Waals surface area contributed by atoms with Crippen molar-refractivity contribution in [3.63, 3.8) is 0 Å². The van der Waals surface area contributed by atoms with Crippen LogP contribution in [0.5, 0.6) is 0 Å². The summed E-state index contributed by atoms with van der Waals surface area (Å²) in [5.74, 6) is -0.210. The lowest BCUT2D eigenvalue weighted by Crippen LogP contribution is -2.37. The maximum atomic E-state index is 11.4. The van der Waals surface area contributed by atoms with Crippen LogP contribution in [-0.4, -0.2) is 23.2 Å². The number of carbonyl (C=O) groups excluding carboxylic acids is 1. The van der Waals surface area contributed by atoms with Gasteiger partial charge in [-0.3, -0.25) is 4.79 Å². The molecule has 3 heteroatoms. The van der Waals surface area contributed by atoms with E-state index in [0.717, 1.165) is 19.3 Å². The van der Waals surface area contributed by atoms with Crippen molar-refractivity contribution >= 4 is 5.91 Å². The number of carbonyl (C=O) groups is 1. The molecule has 0 aliphatic carbocycles. The van der Waals surface area contributed by atoms with E-state index in [2.05, 4.69) is 36.5 Å². The van der Waals surface area contributed by atoms with E-state index in [0.29, 0.717) is 0 Å². The van der Waals surface area contributed by atoms with Crippen molar-refractivity contribution in [1.29, 1.82) is 0 Å². The van der Waals surface area contributed by atoms with Gasteiger partial charge in [0, 0.05) is 12.6 Å². The Kier molecular flexibility index (Phi) is 13.2. The molecule has 0 unspecified atom stereocenters. The van der Waals surface area contributed by atoms with Gasteiger partial charge in [0.25, 0.3) is 0 Å². The molecule has 1 amide bonds. The lowest BCUT2D eigenvalue weighted by molar-refractivity contribution is -0.117. The summed E-state index contributed by atoms with van der Waals surface area (Å²) in [7, 11) is 0. The number of amides is 1. The normalized spacial score (nSPS) is 13.7. The van der Waals surface area contributed by atoms with Crippen LogP contribution in [0.2, 0.25) is 0 Å².